The van der Waals surface area contributed by atoms with Gasteiger partial charge in [0.1, 0.15) is 5.75 Å². The molecule has 7 nitrogen and oxygen atoms in total. The van der Waals surface area contributed by atoms with Crippen molar-refractivity contribution < 1.29 is 14.3 Å². The predicted molar refractivity (Wildman–Crippen MR) is 93.3 cm³/mol. The van der Waals surface area contributed by atoms with Crippen LogP contribution in [0.5, 0.6) is 5.75 Å². The minimum Gasteiger partial charge on any atom is -0.497 e. The molecule has 1 fully saturated rings. The number of imidazole rings is 1. The number of anilines is 1. The lowest BCUT2D eigenvalue weighted by molar-refractivity contribution is -0.126. The number of nitrogens with one attached hydrogen (secondary N) is 1. The van der Waals surface area contributed by atoms with Gasteiger partial charge in [0, 0.05) is 50.2 Å². The lowest BCUT2D eigenvalue weighted by Gasteiger charge is -2.17. The monoisotopic (exact) mass is 342 g/mol. The van der Waals surface area contributed by atoms with E-state index in [-0.39, 0.29) is 24.2 Å². The standard InChI is InChI=1S/C18H22N4O3/c1-25-16-5-2-4-15(11-16)22-12-14(10-17(22)23)18(24)20-6-3-8-21-9-7-19-13-21/h2,4-5,7,9,11,13-14H,3,6,8,10,12H2,1H3,(H,20,24). The topological polar surface area (TPSA) is 76.5 Å². The zero-order chi connectivity index (χ0) is 17.6. The number of benzene rings is 1. The van der Waals surface area contributed by atoms with Crippen LogP contribution in [-0.2, 0) is 16.1 Å². The Morgan fingerprint density at radius 1 is 1.44 bits per heavy atom. The zero-order valence-corrected chi connectivity index (χ0v) is 14.2. The second-order valence-electron chi connectivity index (χ2n) is 6.05. The molecule has 1 unspecified atom stereocenters. The number of amides is 2. The smallest absolute Gasteiger partial charge is 0.227 e. The van der Waals surface area contributed by atoms with E-state index >= 15 is 0 Å². The summed E-state index contributed by atoms with van der Waals surface area (Å²) < 4.78 is 7.16. The van der Waals surface area contributed by atoms with E-state index in [0.717, 1.165) is 18.7 Å². The molecule has 7 heteroatoms. The molecule has 1 aromatic carbocycles. The highest BCUT2D eigenvalue weighted by molar-refractivity contribution is 6.00. The summed E-state index contributed by atoms with van der Waals surface area (Å²) in [6, 6.07) is 7.33. The van der Waals surface area contributed by atoms with E-state index in [1.807, 2.05) is 35.0 Å². The fourth-order valence-corrected chi connectivity index (χ4v) is 2.95. The maximum Gasteiger partial charge on any atom is 0.227 e. The predicted octanol–water partition coefficient (Wildman–Crippen LogP) is 1.45. The van der Waals surface area contributed by atoms with Crippen molar-refractivity contribution in [1.82, 2.24) is 14.9 Å². The molecule has 0 spiro atoms. The maximum absolute atomic E-state index is 12.3. The fourth-order valence-electron chi connectivity index (χ4n) is 2.95. The largest absolute Gasteiger partial charge is 0.497 e. The molecule has 3 rings (SSSR count). The van der Waals surface area contributed by atoms with Gasteiger partial charge in [-0.05, 0) is 18.6 Å². The molecule has 2 heterocycles. The van der Waals surface area contributed by atoms with E-state index in [2.05, 4.69) is 10.3 Å². The van der Waals surface area contributed by atoms with E-state index in [1.54, 1.807) is 24.5 Å². The number of carbonyl (C=O) groups excluding carboxylic acids is 2. The first-order chi connectivity index (χ1) is 12.2. The molecule has 0 radical (unpaired) electrons. The molecular formula is C18H22N4O3. The van der Waals surface area contributed by atoms with Crippen molar-refractivity contribution in [1.29, 1.82) is 0 Å². The summed E-state index contributed by atoms with van der Waals surface area (Å²) in [5.74, 6) is 0.279. The Morgan fingerprint density at radius 3 is 3.08 bits per heavy atom. The highest BCUT2D eigenvalue weighted by Gasteiger charge is 2.35. The van der Waals surface area contributed by atoms with Crippen LogP contribution < -0.4 is 15.0 Å². The van der Waals surface area contributed by atoms with Gasteiger partial charge in [-0.2, -0.15) is 0 Å². The molecule has 2 amide bonds. The first-order valence-electron chi connectivity index (χ1n) is 8.35. The van der Waals surface area contributed by atoms with Crippen molar-refractivity contribution in [2.75, 3.05) is 25.1 Å². The molecule has 0 bridgehead atoms. The van der Waals surface area contributed by atoms with E-state index in [4.69, 9.17) is 4.74 Å². The average Bonchev–Trinajstić information content (AvgIpc) is 3.28. The van der Waals surface area contributed by atoms with Crippen LogP contribution in [0.3, 0.4) is 0 Å². The summed E-state index contributed by atoms with van der Waals surface area (Å²) in [6.07, 6.45) is 6.44. The third-order valence-corrected chi connectivity index (χ3v) is 4.31. The fraction of sp³-hybridized carbons (Fsp3) is 0.389. The zero-order valence-electron chi connectivity index (χ0n) is 14.2. The third kappa shape index (κ3) is 4.17. The number of methoxy groups -OCH3 is 1. The first-order valence-corrected chi connectivity index (χ1v) is 8.35. The van der Waals surface area contributed by atoms with Crippen molar-refractivity contribution >= 4 is 17.5 Å². The van der Waals surface area contributed by atoms with Crippen molar-refractivity contribution in [3.05, 3.63) is 43.0 Å². The quantitative estimate of drug-likeness (QED) is 0.773. The highest BCUT2D eigenvalue weighted by atomic mass is 16.5. The minimum atomic E-state index is -0.313. The molecule has 25 heavy (non-hydrogen) atoms. The van der Waals surface area contributed by atoms with Gasteiger partial charge in [-0.15, -0.1) is 0 Å². The molecule has 0 saturated carbocycles. The lowest BCUT2D eigenvalue weighted by atomic mass is 10.1. The number of hydrogen-bond acceptors (Lipinski definition) is 4. The van der Waals surface area contributed by atoms with Crippen LogP contribution in [-0.4, -0.2) is 41.6 Å². The van der Waals surface area contributed by atoms with Crippen LogP contribution in [0, 0.1) is 5.92 Å². The number of aryl methyl sites for hydroxylation is 1. The van der Waals surface area contributed by atoms with Gasteiger partial charge < -0.3 is 19.5 Å². The number of aromatic nitrogens is 2. The van der Waals surface area contributed by atoms with Crippen LogP contribution in [0.2, 0.25) is 0 Å². The summed E-state index contributed by atoms with van der Waals surface area (Å²) >= 11 is 0. The van der Waals surface area contributed by atoms with Gasteiger partial charge in [0.15, 0.2) is 0 Å². The maximum atomic E-state index is 12.3. The molecule has 1 atom stereocenters. The minimum absolute atomic E-state index is 0.0354. The molecule has 132 valence electrons. The summed E-state index contributed by atoms with van der Waals surface area (Å²) in [5.41, 5.74) is 0.764. The summed E-state index contributed by atoms with van der Waals surface area (Å²) in [5, 5.41) is 2.93. The average molecular weight is 342 g/mol. The van der Waals surface area contributed by atoms with Crippen LogP contribution >= 0.6 is 0 Å². The van der Waals surface area contributed by atoms with Crippen LogP contribution in [0.4, 0.5) is 5.69 Å². The van der Waals surface area contributed by atoms with Gasteiger partial charge in [0.2, 0.25) is 11.8 Å². The molecule has 1 aliphatic rings. The molecule has 1 N–H and O–H groups in total. The Kier molecular flexibility index (Phi) is 5.33. The van der Waals surface area contributed by atoms with Crippen molar-refractivity contribution in [3.63, 3.8) is 0 Å². The van der Waals surface area contributed by atoms with Crippen molar-refractivity contribution in [3.8, 4) is 5.75 Å². The Bertz CT molecular complexity index is 730. The molecule has 1 aromatic heterocycles. The number of rotatable bonds is 7. The summed E-state index contributed by atoms with van der Waals surface area (Å²) in [7, 11) is 1.59. The number of hydrogen-bond donors (Lipinski definition) is 1. The van der Waals surface area contributed by atoms with E-state index in [9.17, 15) is 9.59 Å². The lowest BCUT2D eigenvalue weighted by Crippen LogP contribution is -2.33. The van der Waals surface area contributed by atoms with Gasteiger partial charge in [0.25, 0.3) is 0 Å². The summed E-state index contributed by atoms with van der Waals surface area (Å²) in [6.45, 7) is 1.79. The van der Waals surface area contributed by atoms with Gasteiger partial charge in [-0.25, -0.2) is 4.98 Å². The Hall–Kier alpha value is -2.83. The third-order valence-electron chi connectivity index (χ3n) is 4.31. The second-order valence-corrected chi connectivity index (χ2v) is 6.05. The van der Waals surface area contributed by atoms with Gasteiger partial charge in [-0.3, -0.25) is 9.59 Å². The van der Waals surface area contributed by atoms with E-state index in [0.29, 0.717) is 18.8 Å². The Morgan fingerprint density at radius 2 is 2.32 bits per heavy atom. The Labute approximate surface area is 146 Å². The van der Waals surface area contributed by atoms with E-state index < -0.39 is 0 Å². The highest BCUT2D eigenvalue weighted by Crippen LogP contribution is 2.27. The number of carbonyl (C=O) groups is 2. The normalized spacial score (nSPS) is 16.9. The Balaban J connectivity index is 1.50. The van der Waals surface area contributed by atoms with Crippen LogP contribution in [0.15, 0.2) is 43.0 Å². The molecular weight excluding hydrogens is 320 g/mol. The van der Waals surface area contributed by atoms with E-state index in [1.165, 1.54) is 0 Å². The second kappa shape index (κ2) is 7.83. The molecule has 0 aliphatic carbocycles. The van der Waals surface area contributed by atoms with Crippen LogP contribution in [0.1, 0.15) is 12.8 Å². The molecule has 1 aliphatic heterocycles. The first kappa shape index (κ1) is 17.0. The number of nitrogens with zero attached hydrogens (tertiary/aromatic N) is 3. The van der Waals surface area contributed by atoms with Crippen molar-refractivity contribution in [2.45, 2.75) is 19.4 Å². The molecule has 1 saturated heterocycles. The summed E-state index contributed by atoms with van der Waals surface area (Å²) in [4.78, 5) is 30.2. The van der Waals surface area contributed by atoms with Crippen LogP contribution in [0.25, 0.3) is 0 Å². The number of ether oxygens (including phenoxy) is 1. The SMILES string of the molecule is COc1cccc(N2CC(C(=O)NCCCn3ccnc3)CC2=O)c1. The van der Waals surface area contributed by atoms with Crippen molar-refractivity contribution in [2.24, 2.45) is 5.92 Å². The van der Waals surface area contributed by atoms with Gasteiger partial charge in [0.05, 0.1) is 19.4 Å². The van der Waals surface area contributed by atoms with Gasteiger partial charge >= 0.3 is 0 Å². The van der Waals surface area contributed by atoms with Gasteiger partial charge in [-0.1, -0.05) is 6.07 Å². The molecule has 2 aromatic rings.